The molecule has 0 N–H and O–H groups in total. The van der Waals surface area contributed by atoms with E-state index < -0.39 is 11.9 Å². The molecule has 1 heterocycles. The van der Waals surface area contributed by atoms with Crippen LogP contribution in [0.4, 0.5) is 13.2 Å². The van der Waals surface area contributed by atoms with Crippen molar-refractivity contribution < 1.29 is 13.2 Å². The number of hydrogen-bond acceptors (Lipinski definition) is 1. The second kappa shape index (κ2) is 5.82. The minimum atomic E-state index is -4.48. The van der Waals surface area contributed by atoms with Gasteiger partial charge in [-0.2, -0.15) is 18.3 Å². The topological polar surface area (TPSA) is 17.8 Å². The van der Waals surface area contributed by atoms with Crippen LogP contribution in [0, 0.1) is 20.8 Å². The van der Waals surface area contributed by atoms with E-state index in [9.17, 15) is 13.2 Å². The van der Waals surface area contributed by atoms with Crippen molar-refractivity contribution in [2.75, 3.05) is 0 Å². The summed E-state index contributed by atoms with van der Waals surface area (Å²) in [7, 11) is 0. The first-order valence-electron chi connectivity index (χ1n) is 7.57. The van der Waals surface area contributed by atoms with Gasteiger partial charge in [0.05, 0.1) is 11.4 Å². The van der Waals surface area contributed by atoms with E-state index in [0.29, 0.717) is 16.9 Å². The van der Waals surface area contributed by atoms with Crippen molar-refractivity contribution in [1.29, 1.82) is 0 Å². The quantitative estimate of drug-likeness (QED) is 0.608. The molecular formula is C19H17F3N2. The molecule has 0 unspecified atom stereocenters. The zero-order valence-electron chi connectivity index (χ0n) is 13.6. The van der Waals surface area contributed by atoms with Crippen LogP contribution in [0.2, 0.25) is 0 Å². The molecule has 5 heteroatoms. The van der Waals surface area contributed by atoms with Crippen LogP contribution in [0.25, 0.3) is 16.9 Å². The first-order valence-corrected chi connectivity index (χ1v) is 7.57. The van der Waals surface area contributed by atoms with Gasteiger partial charge in [0.1, 0.15) is 0 Å². The van der Waals surface area contributed by atoms with Crippen molar-refractivity contribution in [3.05, 3.63) is 70.9 Å². The third kappa shape index (κ3) is 3.07. The van der Waals surface area contributed by atoms with Crippen LogP contribution >= 0.6 is 0 Å². The number of rotatable bonds is 2. The normalized spacial score (nSPS) is 11.8. The van der Waals surface area contributed by atoms with Crippen molar-refractivity contribution in [2.45, 2.75) is 26.9 Å². The van der Waals surface area contributed by atoms with Crippen LogP contribution in [-0.4, -0.2) is 9.78 Å². The number of halogens is 3. The molecule has 0 amide bonds. The smallest absolute Gasteiger partial charge is 0.233 e. The Morgan fingerprint density at radius 2 is 1.50 bits per heavy atom. The highest BCUT2D eigenvalue weighted by molar-refractivity contribution is 5.64. The molecule has 3 rings (SSSR count). The molecule has 0 saturated heterocycles. The van der Waals surface area contributed by atoms with Gasteiger partial charge in [0.15, 0.2) is 5.69 Å². The fraction of sp³-hybridized carbons (Fsp3) is 0.211. The average molecular weight is 330 g/mol. The van der Waals surface area contributed by atoms with E-state index in [0.717, 1.165) is 22.8 Å². The summed E-state index contributed by atoms with van der Waals surface area (Å²) < 4.78 is 40.8. The number of aromatic nitrogens is 2. The number of benzene rings is 2. The molecule has 0 aliphatic rings. The summed E-state index contributed by atoms with van der Waals surface area (Å²) in [4.78, 5) is 0. The van der Waals surface area contributed by atoms with Gasteiger partial charge in [-0.15, -0.1) is 0 Å². The van der Waals surface area contributed by atoms with Crippen LogP contribution in [0.15, 0.2) is 48.5 Å². The summed E-state index contributed by atoms with van der Waals surface area (Å²) in [6, 6.07) is 14.0. The van der Waals surface area contributed by atoms with Gasteiger partial charge in [0, 0.05) is 5.56 Å². The van der Waals surface area contributed by atoms with E-state index in [-0.39, 0.29) is 0 Å². The molecule has 0 spiro atoms. The molecule has 3 aromatic rings. The van der Waals surface area contributed by atoms with Gasteiger partial charge in [0.2, 0.25) is 0 Å². The number of alkyl halides is 3. The molecule has 0 aliphatic carbocycles. The summed E-state index contributed by atoms with van der Waals surface area (Å²) >= 11 is 0. The van der Waals surface area contributed by atoms with Crippen molar-refractivity contribution in [3.8, 4) is 16.9 Å². The summed E-state index contributed by atoms with van der Waals surface area (Å²) in [6.45, 7) is 5.84. The molecule has 1 aromatic heterocycles. The van der Waals surface area contributed by atoms with Gasteiger partial charge in [-0.1, -0.05) is 29.8 Å². The van der Waals surface area contributed by atoms with Gasteiger partial charge in [-0.05, 0) is 56.2 Å². The number of nitrogens with zero attached hydrogens (tertiary/aromatic N) is 2. The van der Waals surface area contributed by atoms with Crippen LogP contribution in [0.3, 0.4) is 0 Å². The zero-order valence-corrected chi connectivity index (χ0v) is 13.6. The summed E-state index contributed by atoms with van der Waals surface area (Å²) in [5.74, 6) is 0. The van der Waals surface area contributed by atoms with Gasteiger partial charge >= 0.3 is 6.18 Å². The van der Waals surface area contributed by atoms with Gasteiger partial charge in [0.25, 0.3) is 0 Å². The Hall–Kier alpha value is -2.56. The first-order chi connectivity index (χ1) is 11.3. The lowest BCUT2D eigenvalue weighted by atomic mass is 10.0. The lowest BCUT2D eigenvalue weighted by Gasteiger charge is -2.09. The average Bonchev–Trinajstić information content (AvgIpc) is 2.96. The Morgan fingerprint density at radius 3 is 2.08 bits per heavy atom. The van der Waals surface area contributed by atoms with Gasteiger partial charge < -0.3 is 0 Å². The summed E-state index contributed by atoms with van der Waals surface area (Å²) in [6.07, 6.45) is -4.48. The molecule has 0 atom stereocenters. The van der Waals surface area contributed by atoms with Crippen LogP contribution in [-0.2, 0) is 6.18 Å². The maximum atomic E-state index is 13.1. The number of hydrogen-bond donors (Lipinski definition) is 0. The Labute approximate surface area is 138 Å². The highest BCUT2D eigenvalue weighted by atomic mass is 19.4. The zero-order chi connectivity index (χ0) is 17.5. The van der Waals surface area contributed by atoms with Crippen LogP contribution in [0.5, 0.6) is 0 Å². The van der Waals surface area contributed by atoms with Crippen molar-refractivity contribution in [1.82, 2.24) is 9.78 Å². The predicted molar refractivity (Wildman–Crippen MR) is 88.2 cm³/mol. The minimum absolute atomic E-state index is 0.425. The SMILES string of the molecule is Cc1ccc(-n2nc(C(F)(F)F)cc2-c2ccc(C)c(C)c2)cc1. The highest BCUT2D eigenvalue weighted by Gasteiger charge is 2.35. The molecule has 0 fully saturated rings. The molecule has 124 valence electrons. The second-order valence-corrected chi connectivity index (χ2v) is 5.96. The molecule has 0 bridgehead atoms. The van der Waals surface area contributed by atoms with Crippen LogP contribution < -0.4 is 0 Å². The standard InChI is InChI=1S/C19H17F3N2/c1-12-4-8-16(9-5-12)24-17(11-18(23-24)19(20,21)22)15-7-6-13(2)14(3)10-15/h4-11H,1-3H3. The monoisotopic (exact) mass is 330 g/mol. The maximum absolute atomic E-state index is 13.1. The molecule has 0 radical (unpaired) electrons. The fourth-order valence-corrected chi connectivity index (χ4v) is 2.51. The van der Waals surface area contributed by atoms with E-state index in [1.54, 1.807) is 12.1 Å². The third-order valence-electron chi connectivity index (χ3n) is 4.08. The summed E-state index contributed by atoms with van der Waals surface area (Å²) in [5, 5.41) is 3.80. The van der Waals surface area contributed by atoms with E-state index in [1.807, 2.05) is 51.1 Å². The lowest BCUT2D eigenvalue weighted by Crippen LogP contribution is -2.07. The fourth-order valence-electron chi connectivity index (χ4n) is 2.51. The van der Waals surface area contributed by atoms with Gasteiger partial charge in [-0.3, -0.25) is 0 Å². The molecular weight excluding hydrogens is 313 g/mol. The molecule has 2 nitrogen and oxygen atoms in total. The Bertz CT molecular complexity index is 875. The Kier molecular flexibility index (Phi) is 3.95. The number of aryl methyl sites for hydroxylation is 3. The Morgan fingerprint density at radius 1 is 0.833 bits per heavy atom. The molecule has 0 saturated carbocycles. The van der Waals surface area contributed by atoms with E-state index in [4.69, 9.17) is 0 Å². The molecule has 24 heavy (non-hydrogen) atoms. The predicted octanol–water partition coefficient (Wildman–Crippen LogP) is 5.48. The minimum Gasteiger partial charge on any atom is -0.233 e. The largest absolute Gasteiger partial charge is 0.435 e. The van der Waals surface area contributed by atoms with Crippen molar-refractivity contribution in [2.24, 2.45) is 0 Å². The summed E-state index contributed by atoms with van der Waals surface area (Å²) in [5.41, 5.74) is 4.00. The van der Waals surface area contributed by atoms with Crippen molar-refractivity contribution in [3.63, 3.8) is 0 Å². The highest BCUT2D eigenvalue weighted by Crippen LogP contribution is 2.33. The van der Waals surface area contributed by atoms with Crippen LogP contribution in [0.1, 0.15) is 22.4 Å². The first kappa shape index (κ1) is 16.3. The Balaban J connectivity index is 2.21. The van der Waals surface area contributed by atoms with Gasteiger partial charge in [-0.25, -0.2) is 4.68 Å². The molecule has 0 aliphatic heterocycles. The van der Waals surface area contributed by atoms with E-state index in [2.05, 4.69) is 5.10 Å². The molecule has 2 aromatic carbocycles. The van der Waals surface area contributed by atoms with E-state index in [1.165, 1.54) is 4.68 Å². The third-order valence-corrected chi connectivity index (χ3v) is 4.08. The lowest BCUT2D eigenvalue weighted by molar-refractivity contribution is -0.141. The maximum Gasteiger partial charge on any atom is 0.435 e. The second-order valence-electron chi connectivity index (χ2n) is 5.96. The van der Waals surface area contributed by atoms with Crippen molar-refractivity contribution >= 4 is 0 Å². The van der Waals surface area contributed by atoms with E-state index >= 15 is 0 Å².